The highest BCUT2D eigenvalue weighted by atomic mass is 16.5. The number of hydrogen-bond donors (Lipinski definition) is 0. The van der Waals surface area contributed by atoms with E-state index in [9.17, 15) is 4.79 Å². The van der Waals surface area contributed by atoms with Crippen molar-refractivity contribution in [1.29, 1.82) is 0 Å². The first-order valence-corrected chi connectivity index (χ1v) is 5.34. The topological polar surface area (TPSA) is 39.2 Å². The highest BCUT2D eigenvalue weighted by Crippen LogP contribution is 2.22. The summed E-state index contributed by atoms with van der Waals surface area (Å²) in [5.41, 5.74) is 3.03. The Morgan fingerprint density at radius 1 is 1.12 bits per heavy atom. The van der Waals surface area contributed by atoms with Crippen LogP contribution in [0.25, 0.3) is 11.3 Å². The standard InChI is InChI=1S/C14H13NO2/c1-10-6-5-9-13(15-10)11-7-3-4-8-12(11)14(16)17-2/h3-9H,1-2H3. The fraction of sp³-hybridized carbons (Fsp3) is 0.143. The van der Waals surface area contributed by atoms with Crippen LogP contribution in [0.5, 0.6) is 0 Å². The summed E-state index contributed by atoms with van der Waals surface area (Å²) in [5, 5.41) is 0. The molecule has 0 fully saturated rings. The average molecular weight is 227 g/mol. The largest absolute Gasteiger partial charge is 0.465 e. The first-order valence-electron chi connectivity index (χ1n) is 5.34. The van der Waals surface area contributed by atoms with Crippen LogP contribution in [-0.2, 0) is 4.74 Å². The smallest absolute Gasteiger partial charge is 0.338 e. The second-order valence-corrected chi connectivity index (χ2v) is 3.70. The maximum atomic E-state index is 11.6. The molecule has 1 aromatic carbocycles. The lowest BCUT2D eigenvalue weighted by Gasteiger charge is -2.07. The maximum absolute atomic E-state index is 11.6. The van der Waals surface area contributed by atoms with Gasteiger partial charge in [0.15, 0.2) is 0 Å². The van der Waals surface area contributed by atoms with Crippen LogP contribution in [0.4, 0.5) is 0 Å². The van der Waals surface area contributed by atoms with Gasteiger partial charge in [0.05, 0.1) is 18.4 Å². The van der Waals surface area contributed by atoms with Crippen LogP contribution >= 0.6 is 0 Å². The molecule has 0 saturated heterocycles. The van der Waals surface area contributed by atoms with Crippen LogP contribution < -0.4 is 0 Å². The minimum Gasteiger partial charge on any atom is -0.465 e. The molecule has 2 rings (SSSR count). The third-order valence-corrected chi connectivity index (χ3v) is 2.50. The molecule has 17 heavy (non-hydrogen) atoms. The third kappa shape index (κ3) is 2.33. The van der Waals surface area contributed by atoms with Gasteiger partial charge >= 0.3 is 5.97 Å². The van der Waals surface area contributed by atoms with E-state index in [4.69, 9.17) is 4.74 Å². The van der Waals surface area contributed by atoms with E-state index in [1.807, 2.05) is 43.3 Å². The van der Waals surface area contributed by atoms with Crippen molar-refractivity contribution in [2.75, 3.05) is 7.11 Å². The number of benzene rings is 1. The minimum absolute atomic E-state index is 0.344. The molecule has 0 atom stereocenters. The van der Waals surface area contributed by atoms with Crippen LogP contribution in [0, 0.1) is 6.92 Å². The van der Waals surface area contributed by atoms with Gasteiger partial charge in [-0.05, 0) is 25.1 Å². The molecule has 0 unspecified atom stereocenters. The first kappa shape index (κ1) is 11.3. The lowest BCUT2D eigenvalue weighted by molar-refractivity contribution is 0.0601. The fourth-order valence-electron chi connectivity index (χ4n) is 1.69. The Morgan fingerprint density at radius 2 is 1.88 bits per heavy atom. The molecular weight excluding hydrogens is 214 g/mol. The highest BCUT2D eigenvalue weighted by molar-refractivity contribution is 5.96. The van der Waals surface area contributed by atoms with Crippen LogP contribution in [-0.4, -0.2) is 18.1 Å². The number of carbonyl (C=O) groups excluding carboxylic acids is 1. The molecule has 0 amide bonds. The van der Waals surface area contributed by atoms with Crippen LogP contribution in [0.1, 0.15) is 16.1 Å². The van der Waals surface area contributed by atoms with E-state index in [1.54, 1.807) is 6.07 Å². The number of methoxy groups -OCH3 is 1. The molecule has 3 nitrogen and oxygen atoms in total. The first-order chi connectivity index (χ1) is 8.22. The van der Waals surface area contributed by atoms with E-state index in [2.05, 4.69) is 4.98 Å². The Morgan fingerprint density at radius 3 is 2.59 bits per heavy atom. The summed E-state index contributed by atoms with van der Waals surface area (Å²) in [6.45, 7) is 1.92. The Kier molecular flexibility index (Phi) is 3.19. The summed E-state index contributed by atoms with van der Waals surface area (Å²) in [4.78, 5) is 16.1. The second kappa shape index (κ2) is 4.78. The molecule has 1 aromatic heterocycles. The van der Waals surface area contributed by atoms with Gasteiger partial charge in [0.2, 0.25) is 0 Å². The Balaban J connectivity index is 2.55. The maximum Gasteiger partial charge on any atom is 0.338 e. The van der Waals surface area contributed by atoms with Gasteiger partial charge < -0.3 is 4.74 Å². The van der Waals surface area contributed by atoms with Crippen LogP contribution in [0.2, 0.25) is 0 Å². The molecule has 1 heterocycles. The lowest BCUT2D eigenvalue weighted by atomic mass is 10.0. The van der Waals surface area contributed by atoms with E-state index in [-0.39, 0.29) is 5.97 Å². The van der Waals surface area contributed by atoms with E-state index in [0.29, 0.717) is 5.56 Å². The van der Waals surface area contributed by atoms with Crippen molar-refractivity contribution in [2.24, 2.45) is 0 Å². The molecule has 3 heteroatoms. The number of aryl methyl sites for hydroxylation is 1. The predicted octanol–water partition coefficient (Wildman–Crippen LogP) is 2.84. The summed E-state index contributed by atoms with van der Waals surface area (Å²) in [7, 11) is 1.38. The van der Waals surface area contributed by atoms with Crippen molar-refractivity contribution < 1.29 is 9.53 Å². The number of carbonyl (C=O) groups is 1. The summed E-state index contributed by atoms with van der Waals surface area (Å²) in [6.07, 6.45) is 0. The van der Waals surface area contributed by atoms with Crippen molar-refractivity contribution >= 4 is 5.97 Å². The zero-order valence-corrected chi connectivity index (χ0v) is 9.81. The van der Waals surface area contributed by atoms with Crippen LogP contribution in [0.15, 0.2) is 42.5 Å². The fourth-order valence-corrected chi connectivity index (χ4v) is 1.69. The molecule has 0 saturated carbocycles. The summed E-state index contributed by atoms with van der Waals surface area (Å²) in [5.74, 6) is -0.344. The molecule has 0 aliphatic rings. The number of pyridine rings is 1. The molecular formula is C14H13NO2. The van der Waals surface area contributed by atoms with Crippen molar-refractivity contribution in [3.8, 4) is 11.3 Å². The number of ether oxygens (including phenoxy) is 1. The predicted molar refractivity (Wildman–Crippen MR) is 65.7 cm³/mol. The second-order valence-electron chi connectivity index (χ2n) is 3.70. The molecule has 2 aromatic rings. The van der Waals surface area contributed by atoms with Crippen LogP contribution in [0.3, 0.4) is 0 Å². The zero-order valence-electron chi connectivity index (χ0n) is 9.81. The minimum atomic E-state index is -0.344. The number of hydrogen-bond acceptors (Lipinski definition) is 3. The van der Waals surface area contributed by atoms with E-state index in [0.717, 1.165) is 17.0 Å². The summed E-state index contributed by atoms with van der Waals surface area (Å²) in [6, 6.07) is 13.0. The van der Waals surface area contributed by atoms with Gasteiger partial charge in [-0.2, -0.15) is 0 Å². The van der Waals surface area contributed by atoms with Crippen molar-refractivity contribution in [3.05, 3.63) is 53.7 Å². The van der Waals surface area contributed by atoms with Crippen molar-refractivity contribution in [1.82, 2.24) is 4.98 Å². The molecule has 0 radical (unpaired) electrons. The van der Waals surface area contributed by atoms with Gasteiger partial charge in [0, 0.05) is 11.3 Å². The van der Waals surface area contributed by atoms with E-state index in [1.165, 1.54) is 7.11 Å². The molecule has 0 spiro atoms. The lowest BCUT2D eigenvalue weighted by Crippen LogP contribution is -2.03. The van der Waals surface area contributed by atoms with E-state index < -0.39 is 0 Å². The SMILES string of the molecule is COC(=O)c1ccccc1-c1cccc(C)n1. The third-order valence-electron chi connectivity index (χ3n) is 2.50. The van der Waals surface area contributed by atoms with Crippen molar-refractivity contribution in [3.63, 3.8) is 0 Å². The average Bonchev–Trinajstić information content (AvgIpc) is 2.38. The Bertz CT molecular complexity index is 549. The summed E-state index contributed by atoms with van der Waals surface area (Å²) >= 11 is 0. The quantitative estimate of drug-likeness (QED) is 0.740. The number of esters is 1. The van der Waals surface area contributed by atoms with Gasteiger partial charge in [-0.1, -0.05) is 24.3 Å². The number of rotatable bonds is 2. The number of nitrogens with zero attached hydrogens (tertiary/aromatic N) is 1. The van der Waals surface area contributed by atoms with E-state index >= 15 is 0 Å². The van der Waals surface area contributed by atoms with Gasteiger partial charge in [0.25, 0.3) is 0 Å². The molecule has 0 bridgehead atoms. The zero-order chi connectivity index (χ0) is 12.3. The molecule has 86 valence electrons. The Labute approximate surface area is 100 Å². The molecule has 0 N–H and O–H groups in total. The van der Waals surface area contributed by atoms with Gasteiger partial charge in [-0.3, -0.25) is 4.98 Å². The van der Waals surface area contributed by atoms with Crippen molar-refractivity contribution in [2.45, 2.75) is 6.92 Å². The molecule has 0 aliphatic heterocycles. The van der Waals surface area contributed by atoms with Gasteiger partial charge in [-0.25, -0.2) is 4.79 Å². The van der Waals surface area contributed by atoms with Gasteiger partial charge in [0.1, 0.15) is 0 Å². The highest BCUT2D eigenvalue weighted by Gasteiger charge is 2.12. The van der Waals surface area contributed by atoms with Gasteiger partial charge in [-0.15, -0.1) is 0 Å². The monoisotopic (exact) mass is 227 g/mol. The number of aromatic nitrogens is 1. The normalized spacial score (nSPS) is 10.0. The molecule has 0 aliphatic carbocycles. The Hall–Kier alpha value is -2.16. The summed E-state index contributed by atoms with van der Waals surface area (Å²) < 4.78 is 4.76.